The number of fused-ring (bicyclic) bond motifs is 1. The Bertz CT molecular complexity index is 1280. The molecule has 1 amide bonds. The highest BCUT2D eigenvalue weighted by molar-refractivity contribution is 7.92. The molecule has 3 aromatic rings. The first kappa shape index (κ1) is 21.9. The topological polar surface area (TPSA) is 93.7 Å². The smallest absolute Gasteiger partial charge is 0.264 e. The Morgan fingerprint density at radius 3 is 2.50 bits per heavy atom. The van der Waals surface area contributed by atoms with Gasteiger partial charge in [-0.3, -0.25) is 9.52 Å². The fourth-order valence-electron chi connectivity index (χ4n) is 3.15. The Hall–Kier alpha value is -3.30. The molecule has 0 aromatic heterocycles. The minimum atomic E-state index is -4.23. The Morgan fingerprint density at radius 1 is 0.969 bits per heavy atom. The van der Waals surface area contributed by atoms with E-state index in [9.17, 15) is 17.6 Å². The van der Waals surface area contributed by atoms with E-state index in [0.717, 1.165) is 12.1 Å². The minimum Gasteiger partial charge on any atom is -0.486 e. The van der Waals surface area contributed by atoms with Crippen molar-refractivity contribution in [3.8, 4) is 11.5 Å². The molecule has 1 aliphatic rings. The number of hydrogen-bond acceptors (Lipinski definition) is 5. The van der Waals surface area contributed by atoms with Gasteiger partial charge in [0.2, 0.25) is 5.91 Å². The van der Waals surface area contributed by atoms with Crippen molar-refractivity contribution < 1.29 is 27.1 Å². The summed E-state index contributed by atoms with van der Waals surface area (Å²) in [7, 11) is -4.23. The van der Waals surface area contributed by atoms with Crippen LogP contribution < -0.4 is 19.5 Å². The average molecular weight is 477 g/mol. The normalized spacial score (nSPS) is 12.8. The molecule has 0 fully saturated rings. The first-order chi connectivity index (χ1) is 15.3. The van der Waals surface area contributed by atoms with E-state index in [1.54, 1.807) is 18.2 Å². The van der Waals surface area contributed by atoms with Crippen molar-refractivity contribution in [3.05, 3.63) is 77.1 Å². The Labute approximate surface area is 189 Å². The van der Waals surface area contributed by atoms with Crippen LogP contribution >= 0.6 is 11.6 Å². The average Bonchev–Trinajstić information content (AvgIpc) is 2.75. The summed E-state index contributed by atoms with van der Waals surface area (Å²) in [6.07, 6.45) is 0.00264. The third-order valence-electron chi connectivity index (χ3n) is 4.60. The molecule has 166 valence electrons. The number of halogens is 2. The van der Waals surface area contributed by atoms with Gasteiger partial charge in [-0.1, -0.05) is 29.8 Å². The van der Waals surface area contributed by atoms with Crippen LogP contribution in [0.5, 0.6) is 11.5 Å². The zero-order chi connectivity index (χ0) is 22.7. The molecule has 4 rings (SSSR count). The van der Waals surface area contributed by atoms with Crippen LogP contribution in [0.3, 0.4) is 0 Å². The molecular formula is C22H18ClFN2O5S. The van der Waals surface area contributed by atoms with Crippen molar-refractivity contribution in [2.75, 3.05) is 23.3 Å². The molecule has 0 unspecified atom stereocenters. The third-order valence-corrected chi connectivity index (χ3v) is 6.23. The number of hydrogen-bond donors (Lipinski definition) is 2. The van der Waals surface area contributed by atoms with Gasteiger partial charge in [0.25, 0.3) is 10.0 Å². The van der Waals surface area contributed by atoms with Crippen LogP contribution in [0.4, 0.5) is 15.8 Å². The lowest BCUT2D eigenvalue weighted by atomic mass is 10.1. The Balaban J connectivity index is 1.53. The van der Waals surface area contributed by atoms with Crippen LogP contribution in [0.2, 0.25) is 5.02 Å². The van der Waals surface area contributed by atoms with E-state index < -0.39 is 26.6 Å². The predicted molar refractivity (Wildman–Crippen MR) is 118 cm³/mol. The summed E-state index contributed by atoms with van der Waals surface area (Å²) in [5.74, 6) is -0.129. The van der Waals surface area contributed by atoms with Gasteiger partial charge >= 0.3 is 0 Å². The van der Waals surface area contributed by atoms with E-state index in [2.05, 4.69) is 10.0 Å². The molecule has 3 aromatic carbocycles. The van der Waals surface area contributed by atoms with Crippen LogP contribution in [0.25, 0.3) is 0 Å². The van der Waals surface area contributed by atoms with Crippen molar-refractivity contribution in [1.29, 1.82) is 0 Å². The number of benzene rings is 3. The summed E-state index contributed by atoms with van der Waals surface area (Å²) in [4.78, 5) is 12.1. The highest BCUT2D eigenvalue weighted by atomic mass is 35.5. The van der Waals surface area contributed by atoms with Crippen molar-refractivity contribution in [2.45, 2.75) is 11.3 Å². The van der Waals surface area contributed by atoms with Gasteiger partial charge in [-0.15, -0.1) is 0 Å². The number of carbonyl (C=O) groups is 1. The summed E-state index contributed by atoms with van der Waals surface area (Å²) < 4.78 is 52.6. The summed E-state index contributed by atoms with van der Waals surface area (Å²) in [6, 6.07) is 14.4. The monoisotopic (exact) mass is 476 g/mol. The van der Waals surface area contributed by atoms with Gasteiger partial charge in [-0.05, 0) is 48.0 Å². The second kappa shape index (κ2) is 9.05. The second-order valence-electron chi connectivity index (χ2n) is 6.93. The van der Waals surface area contributed by atoms with E-state index in [4.69, 9.17) is 21.1 Å². The molecule has 0 saturated carbocycles. The van der Waals surface area contributed by atoms with E-state index in [1.165, 1.54) is 30.3 Å². The molecule has 2 N–H and O–H groups in total. The van der Waals surface area contributed by atoms with Gasteiger partial charge in [-0.25, -0.2) is 12.8 Å². The van der Waals surface area contributed by atoms with Crippen molar-refractivity contribution in [2.24, 2.45) is 0 Å². The SMILES string of the molecule is O=C(Cc1ccc2c(c1)OCCO2)Nc1cc(Cl)ccc1NS(=O)(=O)c1ccccc1F. The summed E-state index contributed by atoms with van der Waals surface area (Å²) >= 11 is 6.03. The number of anilines is 2. The molecule has 0 spiro atoms. The van der Waals surface area contributed by atoms with E-state index in [-0.39, 0.29) is 22.8 Å². The van der Waals surface area contributed by atoms with Crippen LogP contribution in [-0.4, -0.2) is 27.5 Å². The molecule has 1 aliphatic heterocycles. The van der Waals surface area contributed by atoms with Gasteiger partial charge in [0.1, 0.15) is 23.9 Å². The molecule has 0 saturated heterocycles. The number of rotatable bonds is 6. The summed E-state index contributed by atoms with van der Waals surface area (Å²) in [6.45, 7) is 0.893. The van der Waals surface area contributed by atoms with Crippen molar-refractivity contribution in [1.82, 2.24) is 0 Å². The summed E-state index contributed by atoms with van der Waals surface area (Å²) in [5.41, 5.74) is 0.871. The lowest BCUT2D eigenvalue weighted by Crippen LogP contribution is -2.19. The molecular weight excluding hydrogens is 459 g/mol. The number of sulfonamides is 1. The lowest BCUT2D eigenvalue weighted by Gasteiger charge is -2.19. The van der Waals surface area contributed by atoms with Crippen LogP contribution in [0.1, 0.15) is 5.56 Å². The minimum absolute atomic E-state index is 0.00264. The molecule has 0 aliphatic carbocycles. The van der Waals surface area contributed by atoms with Crippen LogP contribution in [0.15, 0.2) is 65.6 Å². The first-order valence-electron chi connectivity index (χ1n) is 9.57. The quantitative estimate of drug-likeness (QED) is 0.555. The number of nitrogens with one attached hydrogen (secondary N) is 2. The van der Waals surface area contributed by atoms with E-state index in [0.29, 0.717) is 30.3 Å². The Kier molecular flexibility index (Phi) is 6.20. The van der Waals surface area contributed by atoms with Gasteiger partial charge < -0.3 is 14.8 Å². The molecule has 0 atom stereocenters. The molecule has 0 radical (unpaired) electrons. The maximum atomic E-state index is 14.0. The largest absolute Gasteiger partial charge is 0.486 e. The first-order valence-corrected chi connectivity index (χ1v) is 11.4. The van der Waals surface area contributed by atoms with E-state index >= 15 is 0 Å². The van der Waals surface area contributed by atoms with Gasteiger partial charge in [0.05, 0.1) is 17.8 Å². The van der Waals surface area contributed by atoms with Gasteiger partial charge in [0.15, 0.2) is 11.5 Å². The number of ether oxygens (including phenoxy) is 2. The Morgan fingerprint density at radius 2 is 1.72 bits per heavy atom. The maximum absolute atomic E-state index is 14.0. The number of carbonyl (C=O) groups excluding carboxylic acids is 1. The molecule has 7 nitrogen and oxygen atoms in total. The third kappa shape index (κ3) is 4.95. The number of amides is 1. The highest BCUT2D eigenvalue weighted by Gasteiger charge is 2.21. The van der Waals surface area contributed by atoms with Crippen LogP contribution in [-0.2, 0) is 21.2 Å². The van der Waals surface area contributed by atoms with Gasteiger partial charge in [-0.2, -0.15) is 0 Å². The fraction of sp³-hybridized carbons (Fsp3) is 0.136. The predicted octanol–water partition coefficient (Wildman–Crippen LogP) is 4.23. The van der Waals surface area contributed by atoms with Crippen molar-refractivity contribution in [3.63, 3.8) is 0 Å². The van der Waals surface area contributed by atoms with Crippen molar-refractivity contribution >= 4 is 38.9 Å². The fourth-order valence-corrected chi connectivity index (χ4v) is 4.48. The highest BCUT2D eigenvalue weighted by Crippen LogP contribution is 2.32. The maximum Gasteiger partial charge on any atom is 0.264 e. The zero-order valence-electron chi connectivity index (χ0n) is 16.6. The van der Waals surface area contributed by atoms with Crippen LogP contribution in [0, 0.1) is 5.82 Å². The second-order valence-corrected chi connectivity index (χ2v) is 9.02. The van der Waals surface area contributed by atoms with Gasteiger partial charge in [0, 0.05) is 5.02 Å². The van der Waals surface area contributed by atoms with E-state index in [1.807, 2.05) is 0 Å². The standard InChI is InChI=1S/C22H18ClFN2O5S/c23-15-6-7-17(26-32(28,29)21-4-2-1-3-16(21)24)18(13-15)25-22(27)12-14-5-8-19-20(11-14)31-10-9-30-19/h1-8,11,13,26H,9-10,12H2,(H,25,27). The molecule has 32 heavy (non-hydrogen) atoms. The molecule has 1 heterocycles. The lowest BCUT2D eigenvalue weighted by molar-refractivity contribution is -0.115. The summed E-state index contributed by atoms with van der Waals surface area (Å²) in [5, 5.41) is 2.94. The molecule has 10 heteroatoms. The molecule has 0 bridgehead atoms. The zero-order valence-corrected chi connectivity index (χ0v) is 18.2.